The molecule has 0 bridgehead atoms. The van der Waals surface area contributed by atoms with Crippen molar-refractivity contribution in [2.24, 2.45) is 23.2 Å². The lowest BCUT2D eigenvalue weighted by Crippen LogP contribution is -2.28. The van der Waals surface area contributed by atoms with Crippen molar-refractivity contribution in [3.05, 3.63) is 93.4 Å². The Bertz CT molecular complexity index is 1500. The fourth-order valence-corrected chi connectivity index (χ4v) is 7.28. The lowest BCUT2D eigenvalue weighted by atomic mass is 9.68. The summed E-state index contributed by atoms with van der Waals surface area (Å²) in [5.74, 6) is -0.700. The fraction of sp³-hybridized carbons (Fsp3) is 0.459. The number of allylic oxidation sites excluding steroid dienone is 4. The molecule has 43 heavy (non-hydrogen) atoms. The molecule has 2 aromatic rings. The van der Waals surface area contributed by atoms with Crippen LogP contribution in [0.3, 0.4) is 0 Å². The van der Waals surface area contributed by atoms with Gasteiger partial charge in [0.25, 0.3) is 0 Å². The van der Waals surface area contributed by atoms with Gasteiger partial charge in [-0.25, -0.2) is 0 Å². The van der Waals surface area contributed by atoms with Gasteiger partial charge in [-0.2, -0.15) is 0 Å². The van der Waals surface area contributed by atoms with Gasteiger partial charge < -0.3 is 10.2 Å². The number of fused-ring (bicyclic) bond motifs is 2. The summed E-state index contributed by atoms with van der Waals surface area (Å²) in [4.78, 5) is 49.7. The van der Waals surface area contributed by atoms with Crippen molar-refractivity contribution in [1.82, 2.24) is 0 Å². The Morgan fingerprint density at radius 2 is 1.07 bits per heavy atom. The van der Waals surface area contributed by atoms with E-state index >= 15 is 0 Å². The molecule has 226 valence electrons. The highest BCUT2D eigenvalue weighted by molar-refractivity contribution is 6.26. The van der Waals surface area contributed by atoms with Crippen LogP contribution in [0, 0.1) is 23.2 Å². The van der Waals surface area contributed by atoms with Crippen LogP contribution in [-0.2, 0) is 0 Å². The Morgan fingerprint density at radius 1 is 0.605 bits per heavy atom. The smallest absolute Gasteiger partial charge is 0.228 e. The number of Topliss-reactive ketones (excluding diaryl/α,β-unsaturated/α-hetero) is 4. The van der Waals surface area contributed by atoms with Crippen molar-refractivity contribution in [2.45, 2.75) is 85.0 Å². The molecule has 0 radical (unpaired) electrons. The van der Waals surface area contributed by atoms with Crippen LogP contribution >= 0.6 is 0 Å². The van der Waals surface area contributed by atoms with Gasteiger partial charge in [0, 0.05) is 33.4 Å². The summed E-state index contributed by atoms with van der Waals surface area (Å²) in [5, 5.41) is 20.4. The van der Waals surface area contributed by atoms with Gasteiger partial charge in [0.1, 0.15) is 0 Å². The monoisotopic (exact) mass is 582 g/mol. The van der Waals surface area contributed by atoms with Gasteiger partial charge in [0.15, 0.2) is 23.1 Å². The molecule has 2 aromatic carbocycles. The minimum atomic E-state index is -0.413. The van der Waals surface area contributed by atoms with Crippen molar-refractivity contribution in [3.8, 4) is 0 Å². The second kappa shape index (κ2) is 12.4. The summed E-state index contributed by atoms with van der Waals surface area (Å²) in [6.45, 7) is 6.85. The molecule has 0 heterocycles. The van der Waals surface area contributed by atoms with Crippen LogP contribution in [0.4, 0.5) is 0 Å². The third kappa shape index (κ3) is 6.15. The van der Waals surface area contributed by atoms with Crippen LogP contribution in [0.5, 0.6) is 0 Å². The zero-order chi connectivity index (χ0) is 30.9. The number of aliphatic hydroxyl groups excluding tert-OH is 2. The van der Waals surface area contributed by atoms with E-state index < -0.39 is 11.6 Å². The van der Waals surface area contributed by atoms with Crippen LogP contribution in [0.1, 0.15) is 126 Å². The lowest BCUT2D eigenvalue weighted by molar-refractivity contribution is 0.0915. The molecule has 4 aliphatic carbocycles. The number of ketones is 4. The van der Waals surface area contributed by atoms with Gasteiger partial charge in [0.2, 0.25) is 11.6 Å². The number of carbonyl (C=O) groups excluding carboxylic acids is 4. The predicted octanol–water partition coefficient (Wildman–Crippen LogP) is 8.58. The van der Waals surface area contributed by atoms with E-state index in [-0.39, 0.29) is 29.0 Å². The molecule has 2 N–H and O–H groups in total. The molecule has 6 nitrogen and oxygen atoms in total. The van der Waals surface area contributed by atoms with E-state index in [2.05, 4.69) is 20.8 Å². The van der Waals surface area contributed by atoms with E-state index in [1.165, 1.54) is 6.42 Å². The van der Waals surface area contributed by atoms with Crippen LogP contribution in [0.25, 0.3) is 0 Å². The van der Waals surface area contributed by atoms with E-state index in [0.717, 1.165) is 51.4 Å². The summed E-state index contributed by atoms with van der Waals surface area (Å²) in [5.41, 5.74) is 2.50. The standard InChI is InChI=1S/C21H26O3.C16H16O3/c1-21(2,3)14-10-8-13(9-11-14)12-17-18(22)15-6-4-5-7-16(15)19(23)20(17)24;17-14-11-8-4-5-9-12(11)15(18)16(19)13(14)10-6-2-1-3-7-10/h4-7,13-14,24H,8-12H2,1-3H3;4-5,8-10,19H,1-3,6-7H2. The first-order chi connectivity index (χ1) is 20.5. The topological polar surface area (TPSA) is 109 Å². The fourth-order valence-electron chi connectivity index (χ4n) is 7.28. The molecule has 2 fully saturated rings. The molecule has 6 heteroatoms. The van der Waals surface area contributed by atoms with Crippen LogP contribution in [0.15, 0.2) is 71.2 Å². The minimum absolute atomic E-state index is 0.0403. The van der Waals surface area contributed by atoms with Gasteiger partial charge in [-0.15, -0.1) is 0 Å². The largest absolute Gasteiger partial charge is 0.504 e. The molecule has 4 aliphatic rings. The Morgan fingerprint density at radius 3 is 1.58 bits per heavy atom. The third-order valence-electron chi connectivity index (χ3n) is 9.90. The van der Waals surface area contributed by atoms with Gasteiger partial charge in [-0.3, -0.25) is 19.2 Å². The lowest BCUT2D eigenvalue weighted by Gasteiger charge is -2.37. The van der Waals surface area contributed by atoms with Crippen molar-refractivity contribution in [1.29, 1.82) is 0 Å². The second-order valence-electron chi connectivity index (χ2n) is 13.6. The molecule has 0 amide bonds. The number of rotatable bonds is 3. The maximum Gasteiger partial charge on any atom is 0.228 e. The number of aliphatic hydroxyl groups is 2. The molecular formula is C37H42O6. The Balaban J connectivity index is 0.000000176. The van der Waals surface area contributed by atoms with E-state index in [0.29, 0.717) is 57.1 Å². The van der Waals surface area contributed by atoms with E-state index in [4.69, 9.17) is 0 Å². The quantitative estimate of drug-likeness (QED) is 0.375. The van der Waals surface area contributed by atoms with Gasteiger partial charge in [-0.1, -0.05) is 88.6 Å². The number of hydrogen-bond acceptors (Lipinski definition) is 6. The number of hydrogen-bond donors (Lipinski definition) is 2. The van der Waals surface area contributed by atoms with Gasteiger partial charge in [0.05, 0.1) is 0 Å². The molecule has 0 spiro atoms. The van der Waals surface area contributed by atoms with E-state index in [1.54, 1.807) is 48.5 Å². The van der Waals surface area contributed by atoms with Crippen LogP contribution < -0.4 is 0 Å². The Hall–Kier alpha value is -3.80. The first kappa shape index (κ1) is 30.7. The highest BCUT2D eigenvalue weighted by Gasteiger charge is 2.37. The Labute approximate surface area is 253 Å². The first-order valence-corrected chi connectivity index (χ1v) is 15.7. The van der Waals surface area contributed by atoms with E-state index in [1.807, 2.05) is 0 Å². The Kier molecular flexibility index (Phi) is 8.86. The van der Waals surface area contributed by atoms with Crippen molar-refractivity contribution in [3.63, 3.8) is 0 Å². The molecule has 0 unspecified atom stereocenters. The van der Waals surface area contributed by atoms with Crippen molar-refractivity contribution in [2.75, 3.05) is 0 Å². The molecule has 0 saturated heterocycles. The first-order valence-electron chi connectivity index (χ1n) is 15.7. The third-order valence-corrected chi connectivity index (χ3v) is 9.90. The molecule has 2 saturated carbocycles. The van der Waals surface area contributed by atoms with E-state index in [9.17, 15) is 29.4 Å². The normalized spacial score (nSPS) is 23.0. The van der Waals surface area contributed by atoms with Crippen molar-refractivity contribution >= 4 is 23.1 Å². The average Bonchev–Trinajstić information content (AvgIpc) is 3.02. The SMILES string of the molecule is CC(C)(C)C1CCC(CC2=C(O)C(=O)c3ccccc3C2=O)CC1.O=C1C(O)=C(C2CCCCC2)C(=O)c2ccccc21. The molecule has 0 atom stereocenters. The minimum Gasteiger partial charge on any atom is -0.504 e. The van der Waals surface area contributed by atoms with Gasteiger partial charge >= 0.3 is 0 Å². The maximum absolute atomic E-state index is 12.7. The summed E-state index contributed by atoms with van der Waals surface area (Å²) in [7, 11) is 0. The summed E-state index contributed by atoms with van der Waals surface area (Å²) < 4.78 is 0. The second-order valence-corrected chi connectivity index (χ2v) is 13.6. The predicted molar refractivity (Wildman–Crippen MR) is 166 cm³/mol. The zero-order valence-corrected chi connectivity index (χ0v) is 25.4. The molecule has 0 aliphatic heterocycles. The molecular weight excluding hydrogens is 540 g/mol. The highest BCUT2D eigenvalue weighted by Crippen LogP contribution is 2.42. The zero-order valence-electron chi connectivity index (χ0n) is 25.4. The summed E-state index contributed by atoms with van der Waals surface area (Å²) >= 11 is 0. The van der Waals surface area contributed by atoms with Gasteiger partial charge in [-0.05, 0) is 68.1 Å². The molecule has 6 rings (SSSR count). The maximum atomic E-state index is 12.7. The summed E-state index contributed by atoms with van der Waals surface area (Å²) in [6, 6.07) is 13.5. The van der Waals surface area contributed by atoms with Crippen molar-refractivity contribution < 1.29 is 29.4 Å². The number of carbonyl (C=O) groups is 4. The summed E-state index contributed by atoms with van der Waals surface area (Å²) in [6.07, 6.45) is 10.0. The van der Waals surface area contributed by atoms with Crippen LogP contribution in [-0.4, -0.2) is 33.3 Å². The van der Waals surface area contributed by atoms with Crippen LogP contribution in [0.2, 0.25) is 0 Å². The average molecular weight is 583 g/mol. The molecule has 0 aromatic heterocycles. The number of benzene rings is 2. The highest BCUT2D eigenvalue weighted by atomic mass is 16.3.